The highest BCUT2D eigenvalue weighted by atomic mass is 19.3. The van der Waals surface area contributed by atoms with Crippen molar-refractivity contribution in [2.24, 2.45) is 0 Å². The van der Waals surface area contributed by atoms with Crippen LogP contribution in [0.15, 0.2) is 18.2 Å². The fourth-order valence-corrected chi connectivity index (χ4v) is 2.32. The van der Waals surface area contributed by atoms with Crippen molar-refractivity contribution in [3.8, 4) is 11.5 Å². The van der Waals surface area contributed by atoms with Crippen molar-refractivity contribution in [3.05, 3.63) is 23.8 Å². The molecule has 0 saturated carbocycles. The molecule has 3 nitrogen and oxygen atoms in total. The SMILES string of the molecule is FC1(F)Oc2ccc([C@@H]3CCCCN3)cc2O1. The zero-order chi connectivity index (χ0) is 11.9. The first kappa shape index (κ1) is 10.8. The topological polar surface area (TPSA) is 30.5 Å². The van der Waals surface area contributed by atoms with Gasteiger partial charge in [-0.05, 0) is 37.1 Å². The quantitative estimate of drug-likeness (QED) is 0.820. The van der Waals surface area contributed by atoms with Crippen LogP contribution in [0.1, 0.15) is 30.9 Å². The minimum absolute atomic E-state index is 0.106. The summed E-state index contributed by atoms with van der Waals surface area (Å²) in [5.74, 6) is 0.231. The molecule has 0 unspecified atom stereocenters. The maximum atomic E-state index is 12.9. The van der Waals surface area contributed by atoms with Gasteiger partial charge in [-0.2, -0.15) is 0 Å². The van der Waals surface area contributed by atoms with Gasteiger partial charge >= 0.3 is 6.29 Å². The average Bonchev–Trinajstić information content (AvgIpc) is 2.63. The molecule has 0 radical (unpaired) electrons. The second-order valence-corrected chi connectivity index (χ2v) is 4.38. The van der Waals surface area contributed by atoms with E-state index in [1.807, 2.05) is 6.07 Å². The van der Waals surface area contributed by atoms with Crippen LogP contribution >= 0.6 is 0 Å². The van der Waals surface area contributed by atoms with Crippen LogP contribution in [0.4, 0.5) is 8.78 Å². The van der Waals surface area contributed by atoms with Crippen LogP contribution in [-0.4, -0.2) is 12.8 Å². The van der Waals surface area contributed by atoms with Crippen LogP contribution in [0.3, 0.4) is 0 Å². The number of hydrogen-bond donors (Lipinski definition) is 1. The van der Waals surface area contributed by atoms with Crippen molar-refractivity contribution in [3.63, 3.8) is 0 Å². The Morgan fingerprint density at radius 2 is 2.00 bits per heavy atom. The maximum absolute atomic E-state index is 12.9. The van der Waals surface area contributed by atoms with Crippen molar-refractivity contribution in [2.45, 2.75) is 31.6 Å². The lowest BCUT2D eigenvalue weighted by Crippen LogP contribution is -2.26. The Bertz CT molecular complexity index is 431. The van der Waals surface area contributed by atoms with Gasteiger partial charge in [0.2, 0.25) is 0 Å². The van der Waals surface area contributed by atoms with Gasteiger partial charge in [-0.3, -0.25) is 0 Å². The molecule has 0 bridgehead atoms. The van der Waals surface area contributed by atoms with E-state index in [-0.39, 0.29) is 17.5 Å². The highest BCUT2D eigenvalue weighted by molar-refractivity contribution is 5.46. The smallest absolute Gasteiger partial charge is 0.395 e. The Kier molecular flexibility index (Phi) is 2.43. The van der Waals surface area contributed by atoms with Gasteiger partial charge in [-0.25, -0.2) is 0 Å². The van der Waals surface area contributed by atoms with Gasteiger partial charge in [-0.15, -0.1) is 8.78 Å². The minimum Gasteiger partial charge on any atom is -0.395 e. The predicted octanol–water partition coefficient (Wildman–Crippen LogP) is 2.82. The molecular formula is C12H13F2NO2. The third-order valence-corrected chi connectivity index (χ3v) is 3.14. The Morgan fingerprint density at radius 3 is 2.76 bits per heavy atom. The molecule has 17 heavy (non-hydrogen) atoms. The van der Waals surface area contributed by atoms with Crippen molar-refractivity contribution in [1.29, 1.82) is 0 Å². The molecule has 0 spiro atoms. The van der Waals surface area contributed by atoms with Crippen molar-refractivity contribution in [1.82, 2.24) is 5.32 Å². The summed E-state index contributed by atoms with van der Waals surface area (Å²) in [6, 6.07) is 5.22. The molecule has 5 heteroatoms. The van der Waals surface area contributed by atoms with Gasteiger partial charge in [0.15, 0.2) is 11.5 Å². The molecule has 1 fully saturated rings. The van der Waals surface area contributed by atoms with Crippen LogP contribution in [0.2, 0.25) is 0 Å². The highest BCUT2D eigenvalue weighted by Crippen LogP contribution is 2.42. The number of ether oxygens (including phenoxy) is 2. The Morgan fingerprint density at radius 1 is 1.18 bits per heavy atom. The molecule has 0 amide bonds. The van der Waals surface area contributed by atoms with Crippen LogP contribution in [0.5, 0.6) is 11.5 Å². The molecule has 2 aliphatic heterocycles. The highest BCUT2D eigenvalue weighted by Gasteiger charge is 2.43. The van der Waals surface area contributed by atoms with Gasteiger partial charge < -0.3 is 14.8 Å². The largest absolute Gasteiger partial charge is 0.586 e. The van der Waals surface area contributed by atoms with E-state index in [2.05, 4.69) is 14.8 Å². The molecule has 1 saturated heterocycles. The van der Waals surface area contributed by atoms with Gasteiger partial charge in [0.25, 0.3) is 0 Å². The molecule has 0 aliphatic carbocycles. The lowest BCUT2D eigenvalue weighted by Gasteiger charge is -2.23. The summed E-state index contributed by atoms with van der Waals surface area (Å²) in [5.41, 5.74) is 0.977. The van der Waals surface area contributed by atoms with Crippen molar-refractivity contribution >= 4 is 0 Å². The monoisotopic (exact) mass is 241 g/mol. The summed E-state index contributed by atoms with van der Waals surface area (Å²) in [6.07, 6.45) is -0.182. The first-order valence-corrected chi connectivity index (χ1v) is 5.77. The third kappa shape index (κ3) is 2.07. The number of halogens is 2. The molecule has 2 aliphatic rings. The summed E-state index contributed by atoms with van der Waals surface area (Å²) in [7, 11) is 0. The van der Waals surface area contributed by atoms with Crippen LogP contribution < -0.4 is 14.8 Å². The van der Waals surface area contributed by atoms with Crippen LogP contribution in [0.25, 0.3) is 0 Å². The summed E-state index contributed by atoms with van der Waals surface area (Å²) >= 11 is 0. The number of nitrogens with one attached hydrogen (secondary N) is 1. The molecule has 1 atom stereocenters. The molecular weight excluding hydrogens is 228 g/mol. The van der Waals surface area contributed by atoms with Crippen LogP contribution in [0, 0.1) is 0 Å². The van der Waals surface area contributed by atoms with Gasteiger partial charge in [0.1, 0.15) is 0 Å². The molecule has 3 rings (SSSR count). The number of benzene rings is 1. The summed E-state index contributed by atoms with van der Waals surface area (Å²) < 4.78 is 34.5. The molecule has 2 heterocycles. The number of piperidine rings is 1. The van der Waals surface area contributed by atoms with Gasteiger partial charge in [0, 0.05) is 6.04 Å². The zero-order valence-corrected chi connectivity index (χ0v) is 9.21. The normalized spacial score (nSPS) is 25.9. The Labute approximate surface area is 97.7 Å². The first-order chi connectivity index (χ1) is 8.14. The zero-order valence-electron chi connectivity index (χ0n) is 9.21. The van der Waals surface area contributed by atoms with E-state index in [1.165, 1.54) is 6.42 Å². The van der Waals surface area contributed by atoms with Gasteiger partial charge in [-0.1, -0.05) is 12.5 Å². The predicted molar refractivity (Wildman–Crippen MR) is 57.2 cm³/mol. The van der Waals surface area contributed by atoms with Crippen LogP contribution in [-0.2, 0) is 0 Å². The summed E-state index contributed by atoms with van der Waals surface area (Å²) in [6.45, 7) is 0.968. The molecule has 1 aromatic carbocycles. The maximum Gasteiger partial charge on any atom is 0.586 e. The fourth-order valence-electron chi connectivity index (χ4n) is 2.32. The third-order valence-electron chi connectivity index (χ3n) is 3.14. The summed E-state index contributed by atoms with van der Waals surface area (Å²) in [5, 5.41) is 3.36. The molecule has 0 aromatic heterocycles. The number of rotatable bonds is 1. The van der Waals surface area contributed by atoms with E-state index >= 15 is 0 Å². The standard InChI is InChI=1S/C12H13F2NO2/c13-12(14)16-10-5-4-8(7-11(10)17-12)9-3-1-2-6-15-9/h4-5,7,9,15H,1-3,6H2/t9-/m0/s1. The molecule has 92 valence electrons. The van der Waals surface area contributed by atoms with E-state index in [0.717, 1.165) is 24.9 Å². The van der Waals surface area contributed by atoms with E-state index in [0.29, 0.717) is 0 Å². The van der Waals surface area contributed by atoms with E-state index < -0.39 is 6.29 Å². The molecule has 1 N–H and O–H groups in total. The van der Waals surface area contributed by atoms with E-state index in [9.17, 15) is 8.78 Å². The molecule has 1 aromatic rings. The van der Waals surface area contributed by atoms with Crippen molar-refractivity contribution in [2.75, 3.05) is 6.54 Å². The van der Waals surface area contributed by atoms with E-state index in [1.54, 1.807) is 12.1 Å². The average molecular weight is 241 g/mol. The number of fused-ring (bicyclic) bond motifs is 1. The van der Waals surface area contributed by atoms with E-state index in [4.69, 9.17) is 0 Å². The fraction of sp³-hybridized carbons (Fsp3) is 0.500. The van der Waals surface area contributed by atoms with Gasteiger partial charge in [0.05, 0.1) is 0 Å². The number of hydrogen-bond acceptors (Lipinski definition) is 3. The lowest BCUT2D eigenvalue weighted by atomic mass is 9.97. The van der Waals surface area contributed by atoms with Crippen molar-refractivity contribution < 1.29 is 18.3 Å². The second kappa shape index (κ2) is 3.84. The number of alkyl halides is 2. The summed E-state index contributed by atoms with van der Waals surface area (Å²) in [4.78, 5) is 0. The lowest BCUT2D eigenvalue weighted by molar-refractivity contribution is -0.286. The first-order valence-electron chi connectivity index (χ1n) is 5.77. The Hall–Kier alpha value is -1.36. The Balaban J connectivity index is 1.85. The second-order valence-electron chi connectivity index (χ2n) is 4.38. The minimum atomic E-state index is -3.53.